The lowest BCUT2D eigenvalue weighted by molar-refractivity contribution is -0.174. The van der Waals surface area contributed by atoms with E-state index in [4.69, 9.17) is 18.9 Å². The van der Waals surface area contributed by atoms with E-state index in [0.29, 0.717) is 35.0 Å². The van der Waals surface area contributed by atoms with Gasteiger partial charge in [0.15, 0.2) is 0 Å². The fourth-order valence-corrected chi connectivity index (χ4v) is 4.83. The van der Waals surface area contributed by atoms with Crippen molar-refractivity contribution < 1.29 is 33.3 Å². The molecule has 0 bridgehead atoms. The van der Waals surface area contributed by atoms with Gasteiger partial charge in [-0.3, -0.25) is 5.32 Å². The summed E-state index contributed by atoms with van der Waals surface area (Å²) in [4.78, 5) is 43.5. The molecule has 10 nitrogen and oxygen atoms in total. The Labute approximate surface area is 243 Å². The molecule has 2 N–H and O–H groups in total. The first-order valence-electron chi connectivity index (χ1n) is 13.4. The highest BCUT2D eigenvalue weighted by Crippen LogP contribution is 2.36. The van der Waals surface area contributed by atoms with Gasteiger partial charge in [-0.2, -0.15) is 0 Å². The van der Waals surface area contributed by atoms with E-state index in [1.807, 2.05) is 12.1 Å². The summed E-state index contributed by atoms with van der Waals surface area (Å²) in [5.74, 6) is -0.944. The number of alkyl carbamates (subject to hydrolysis) is 1. The van der Waals surface area contributed by atoms with Crippen molar-refractivity contribution in [2.45, 2.75) is 83.1 Å². The van der Waals surface area contributed by atoms with E-state index in [1.54, 1.807) is 46.2 Å². The molecule has 2 atom stereocenters. The first-order chi connectivity index (χ1) is 19.0. The summed E-state index contributed by atoms with van der Waals surface area (Å²) < 4.78 is 22.9. The number of unbranched alkanes of at least 4 members (excludes halogenated alkanes) is 3. The van der Waals surface area contributed by atoms with Gasteiger partial charge in [0.2, 0.25) is 5.88 Å². The second kappa shape index (κ2) is 13.9. The van der Waals surface area contributed by atoms with Gasteiger partial charge in [0.25, 0.3) is 5.72 Å². The molecule has 1 aliphatic heterocycles. The van der Waals surface area contributed by atoms with Gasteiger partial charge in [0.1, 0.15) is 17.4 Å². The minimum Gasteiger partial charge on any atom is -0.496 e. The molecular weight excluding hydrogens is 582 g/mol. The number of halogens is 1. The molecule has 40 heavy (non-hydrogen) atoms. The Morgan fingerprint density at radius 1 is 1.25 bits per heavy atom. The number of esters is 2. The molecule has 1 fully saturated rings. The maximum atomic E-state index is 13.5. The number of rotatable bonds is 12. The molecule has 3 rings (SSSR count). The fraction of sp³-hybridized carbons (Fsp3) is 0.517. The Morgan fingerprint density at radius 3 is 2.67 bits per heavy atom. The largest absolute Gasteiger partial charge is 0.496 e. The highest BCUT2D eigenvalue weighted by atomic mass is 79.9. The zero-order valence-corrected chi connectivity index (χ0v) is 25.1. The number of hydrogen-bond donors (Lipinski definition) is 2. The smallest absolute Gasteiger partial charge is 0.408 e. The number of pyridine rings is 1. The molecule has 11 heteroatoms. The third kappa shape index (κ3) is 8.41. The molecule has 0 spiro atoms. The zero-order chi connectivity index (χ0) is 29.3. The van der Waals surface area contributed by atoms with Gasteiger partial charge >= 0.3 is 18.0 Å². The van der Waals surface area contributed by atoms with Crippen LogP contribution in [0.1, 0.15) is 65.7 Å². The van der Waals surface area contributed by atoms with E-state index >= 15 is 0 Å². The summed E-state index contributed by atoms with van der Waals surface area (Å²) >= 11 is 3.48. The SMILES string of the molecule is C=CCCCCC[C@H](NC(=O)OC(C)(C)C)C(=O)OC(=O)[C@]1(Oc2nccc3cc(OC)c(Br)cc23)CCCN1. The molecule has 218 valence electrons. The third-order valence-corrected chi connectivity index (χ3v) is 6.91. The standard InChI is InChI=1S/C29H38BrN3O7/c1-6-7-8-9-10-12-22(33-27(36)40-28(2,3)4)25(34)38-26(35)29(14-11-15-32-29)39-24-20-18-21(30)23(37-5)17-19(20)13-16-31-24/h6,13,16-18,22,32H,1,7-12,14-15H2,2-5H3,(H,33,36)/t22-,29+/m0/s1. The van der Waals surface area contributed by atoms with Crippen LogP contribution in [-0.4, -0.2) is 54.0 Å². The van der Waals surface area contributed by atoms with Crippen LogP contribution in [0.25, 0.3) is 10.8 Å². The van der Waals surface area contributed by atoms with Crippen LogP contribution in [0.5, 0.6) is 11.6 Å². The number of allylic oxidation sites excluding steroid dienone is 1. The number of fused-ring (bicyclic) bond motifs is 1. The number of carbonyl (C=O) groups is 3. The van der Waals surface area contributed by atoms with Crippen LogP contribution in [-0.2, 0) is 19.1 Å². The molecule has 0 aliphatic carbocycles. The second-order valence-electron chi connectivity index (χ2n) is 10.6. The Bertz CT molecular complexity index is 1220. The Morgan fingerprint density at radius 2 is 2.02 bits per heavy atom. The molecule has 1 aromatic carbocycles. The van der Waals surface area contributed by atoms with Crippen LogP contribution in [0, 0.1) is 0 Å². The molecule has 1 aliphatic rings. The Kier molecular flexibility index (Phi) is 10.9. The first kappa shape index (κ1) is 31.3. The molecule has 2 heterocycles. The highest BCUT2D eigenvalue weighted by molar-refractivity contribution is 9.10. The Hall–Kier alpha value is -3.18. The first-order valence-corrected chi connectivity index (χ1v) is 14.2. The number of nitrogens with zero attached hydrogens (tertiary/aromatic N) is 1. The van der Waals surface area contributed by atoms with Crippen LogP contribution in [0.4, 0.5) is 4.79 Å². The molecule has 1 amide bonds. The summed E-state index contributed by atoms with van der Waals surface area (Å²) in [5, 5.41) is 7.06. The van der Waals surface area contributed by atoms with E-state index in [-0.39, 0.29) is 18.7 Å². The Balaban J connectivity index is 1.79. The summed E-state index contributed by atoms with van der Waals surface area (Å²) in [6.45, 7) is 9.37. The average Bonchev–Trinajstić information content (AvgIpc) is 3.36. The summed E-state index contributed by atoms with van der Waals surface area (Å²) in [7, 11) is 1.57. The van der Waals surface area contributed by atoms with Crippen molar-refractivity contribution in [1.29, 1.82) is 0 Å². The van der Waals surface area contributed by atoms with Crippen LogP contribution in [0.2, 0.25) is 0 Å². The van der Waals surface area contributed by atoms with E-state index in [9.17, 15) is 14.4 Å². The number of hydrogen-bond acceptors (Lipinski definition) is 9. The molecule has 0 radical (unpaired) electrons. The molecule has 0 unspecified atom stereocenters. The van der Waals surface area contributed by atoms with Crippen molar-refractivity contribution in [3.05, 3.63) is 41.5 Å². The number of amides is 1. The summed E-state index contributed by atoms with van der Waals surface area (Å²) in [6.07, 6.45) is 7.01. The number of methoxy groups -OCH3 is 1. The van der Waals surface area contributed by atoms with Gasteiger partial charge in [-0.05, 0) is 92.5 Å². The van der Waals surface area contributed by atoms with E-state index < -0.39 is 35.4 Å². The lowest BCUT2D eigenvalue weighted by atomic mass is 10.1. The molecule has 1 aromatic heterocycles. The number of aromatic nitrogens is 1. The van der Waals surface area contributed by atoms with Gasteiger partial charge in [0.05, 0.1) is 11.6 Å². The quantitative estimate of drug-likeness (QED) is 0.136. The topological polar surface area (TPSA) is 125 Å². The lowest BCUT2D eigenvalue weighted by Gasteiger charge is -2.28. The lowest BCUT2D eigenvalue weighted by Crippen LogP contribution is -2.55. The van der Waals surface area contributed by atoms with Crippen molar-refractivity contribution in [3.63, 3.8) is 0 Å². The predicted octanol–water partition coefficient (Wildman–Crippen LogP) is 5.56. The number of benzene rings is 1. The number of carbonyl (C=O) groups excluding carboxylic acids is 3. The van der Waals surface area contributed by atoms with Crippen LogP contribution in [0.15, 0.2) is 41.5 Å². The normalized spacial score (nSPS) is 17.6. The van der Waals surface area contributed by atoms with Gasteiger partial charge in [-0.25, -0.2) is 19.4 Å². The maximum Gasteiger partial charge on any atom is 0.408 e. The van der Waals surface area contributed by atoms with Crippen molar-refractivity contribution in [2.75, 3.05) is 13.7 Å². The van der Waals surface area contributed by atoms with Gasteiger partial charge in [0, 0.05) is 18.0 Å². The number of ether oxygens (including phenoxy) is 4. The summed E-state index contributed by atoms with van der Waals surface area (Å²) in [6, 6.07) is 4.35. The number of nitrogens with one attached hydrogen (secondary N) is 2. The van der Waals surface area contributed by atoms with E-state index in [2.05, 4.69) is 38.1 Å². The van der Waals surface area contributed by atoms with Crippen LogP contribution < -0.4 is 20.1 Å². The molecular formula is C29H38BrN3O7. The van der Waals surface area contributed by atoms with Crippen molar-refractivity contribution in [3.8, 4) is 11.6 Å². The maximum absolute atomic E-state index is 13.5. The molecule has 0 saturated carbocycles. The highest BCUT2D eigenvalue weighted by Gasteiger charge is 2.47. The second-order valence-corrected chi connectivity index (χ2v) is 11.5. The summed E-state index contributed by atoms with van der Waals surface area (Å²) in [5.41, 5.74) is -2.38. The molecule has 2 aromatic rings. The zero-order valence-electron chi connectivity index (χ0n) is 23.5. The van der Waals surface area contributed by atoms with E-state index in [1.165, 1.54) is 0 Å². The fourth-order valence-electron chi connectivity index (χ4n) is 4.33. The minimum atomic E-state index is -1.62. The third-order valence-electron chi connectivity index (χ3n) is 6.29. The van der Waals surface area contributed by atoms with Crippen molar-refractivity contribution in [1.82, 2.24) is 15.6 Å². The average molecular weight is 621 g/mol. The molecule has 1 saturated heterocycles. The van der Waals surface area contributed by atoms with Gasteiger partial charge < -0.3 is 24.3 Å². The monoisotopic (exact) mass is 619 g/mol. The van der Waals surface area contributed by atoms with Gasteiger partial charge in [-0.1, -0.05) is 18.9 Å². The predicted molar refractivity (Wildman–Crippen MR) is 154 cm³/mol. The van der Waals surface area contributed by atoms with Crippen molar-refractivity contribution >= 4 is 44.7 Å². The van der Waals surface area contributed by atoms with Crippen LogP contribution >= 0.6 is 15.9 Å². The van der Waals surface area contributed by atoms with Gasteiger partial charge in [-0.15, -0.1) is 6.58 Å². The van der Waals surface area contributed by atoms with E-state index in [0.717, 1.165) is 24.6 Å². The van der Waals surface area contributed by atoms with Crippen LogP contribution in [0.3, 0.4) is 0 Å². The van der Waals surface area contributed by atoms with Crippen molar-refractivity contribution in [2.24, 2.45) is 0 Å². The minimum absolute atomic E-state index is 0.199.